The average molecular weight is 273 g/mol. The SMILES string of the molecule is C[N+]([O-])(CCCl)CCCC[N+](C)([O-])CCCl. The van der Waals surface area contributed by atoms with Crippen molar-refractivity contribution >= 4 is 23.2 Å². The Hall–Kier alpha value is 0.420. The highest BCUT2D eigenvalue weighted by Crippen LogP contribution is 2.07. The molecular formula is C10H22Cl2N2O2. The van der Waals surface area contributed by atoms with Gasteiger partial charge < -0.3 is 19.7 Å². The van der Waals surface area contributed by atoms with Crippen molar-refractivity contribution in [2.75, 3.05) is 52.0 Å². The Morgan fingerprint density at radius 2 is 1.06 bits per heavy atom. The van der Waals surface area contributed by atoms with E-state index in [1.165, 1.54) is 0 Å². The van der Waals surface area contributed by atoms with Gasteiger partial charge in [0.25, 0.3) is 0 Å². The standard InChI is InChI=1S/C10H22Cl2N2O2/c1-13(15,9-5-11)7-3-4-8-14(2,16)10-6-12/h3-10H2,1-2H3. The van der Waals surface area contributed by atoms with Gasteiger partial charge in [0.05, 0.1) is 52.0 Å². The fourth-order valence-electron chi connectivity index (χ4n) is 1.47. The highest BCUT2D eigenvalue weighted by molar-refractivity contribution is 6.18. The quantitative estimate of drug-likeness (QED) is 0.279. The lowest BCUT2D eigenvalue weighted by Crippen LogP contribution is -2.42. The minimum absolute atomic E-state index is 0.318. The van der Waals surface area contributed by atoms with E-state index in [2.05, 4.69) is 0 Å². The van der Waals surface area contributed by atoms with E-state index < -0.39 is 0 Å². The van der Waals surface area contributed by atoms with Gasteiger partial charge in [0.1, 0.15) is 0 Å². The second kappa shape index (κ2) is 7.69. The van der Waals surface area contributed by atoms with Crippen LogP contribution in [0.2, 0.25) is 0 Å². The molecule has 0 rings (SSSR count). The summed E-state index contributed by atoms with van der Waals surface area (Å²) < 4.78 is -0.636. The molecule has 2 atom stereocenters. The van der Waals surface area contributed by atoms with Gasteiger partial charge >= 0.3 is 0 Å². The van der Waals surface area contributed by atoms with Crippen LogP contribution in [0.4, 0.5) is 0 Å². The molecule has 98 valence electrons. The predicted octanol–water partition coefficient (Wildman–Crippen LogP) is 2.13. The van der Waals surface area contributed by atoms with Gasteiger partial charge in [-0.3, -0.25) is 0 Å². The van der Waals surface area contributed by atoms with Gasteiger partial charge in [-0.2, -0.15) is 0 Å². The first-order valence-electron chi connectivity index (χ1n) is 5.56. The van der Waals surface area contributed by atoms with E-state index in [0.717, 1.165) is 12.8 Å². The summed E-state index contributed by atoms with van der Waals surface area (Å²) in [6, 6.07) is 0. The van der Waals surface area contributed by atoms with Crippen molar-refractivity contribution in [1.29, 1.82) is 0 Å². The molecule has 0 aromatic heterocycles. The monoisotopic (exact) mass is 272 g/mol. The summed E-state index contributed by atoms with van der Waals surface area (Å²) in [5.41, 5.74) is 0. The number of hydrogen-bond acceptors (Lipinski definition) is 2. The molecule has 0 fully saturated rings. The van der Waals surface area contributed by atoms with Crippen molar-refractivity contribution in [3.63, 3.8) is 0 Å². The normalized spacial score (nSPS) is 19.1. The van der Waals surface area contributed by atoms with Gasteiger partial charge in [-0.25, -0.2) is 0 Å². The van der Waals surface area contributed by atoms with Crippen LogP contribution in [0, 0.1) is 10.4 Å². The topological polar surface area (TPSA) is 46.1 Å². The smallest absolute Gasteiger partial charge is 0.0919 e. The molecule has 0 N–H and O–H groups in total. The van der Waals surface area contributed by atoms with Gasteiger partial charge in [-0.1, -0.05) is 0 Å². The number of quaternary nitrogens is 2. The molecule has 0 saturated heterocycles. The Balaban J connectivity index is 3.67. The van der Waals surface area contributed by atoms with Crippen LogP contribution in [0.1, 0.15) is 12.8 Å². The third-order valence-electron chi connectivity index (χ3n) is 2.63. The zero-order valence-electron chi connectivity index (χ0n) is 10.1. The average Bonchev–Trinajstić information content (AvgIpc) is 2.12. The van der Waals surface area contributed by atoms with E-state index in [1.54, 1.807) is 14.1 Å². The van der Waals surface area contributed by atoms with Crippen molar-refractivity contribution in [3.05, 3.63) is 10.4 Å². The molecule has 0 amide bonds. The summed E-state index contributed by atoms with van der Waals surface area (Å²) in [6.07, 6.45) is 1.52. The molecule has 2 unspecified atom stereocenters. The molecular weight excluding hydrogens is 251 g/mol. The largest absolute Gasteiger partial charge is 0.633 e. The first-order chi connectivity index (χ1) is 7.33. The first-order valence-corrected chi connectivity index (χ1v) is 6.63. The molecule has 0 saturated carbocycles. The van der Waals surface area contributed by atoms with E-state index in [9.17, 15) is 10.4 Å². The molecule has 0 aliphatic heterocycles. The van der Waals surface area contributed by atoms with Crippen LogP contribution < -0.4 is 0 Å². The third kappa shape index (κ3) is 8.56. The van der Waals surface area contributed by atoms with Crippen molar-refractivity contribution in [1.82, 2.24) is 0 Å². The molecule has 6 heteroatoms. The fourth-order valence-corrected chi connectivity index (χ4v) is 2.19. The lowest BCUT2D eigenvalue weighted by atomic mass is 10.2. The zero-order chi connectivity index (χ0) is 12.7. The molecule has 0 aromatic rings. The maximum atomic E-state index is 11.7. The summed E-state index contributed by atoms with van der Waals surface area (Å²) >= 11 is 11.1. The Bertz CT molecular complexity index is 170. The number of rotatable bonds is 9. The lowest BCUT2D eigenvalue weighted by Gasteiger charge is -2.40. The van der Waals surface area contributed by atoms with Crippen LogP contribution in [-0.4, -0.2) is 61.3 Å². The van der Waals surface area contributed by atoms with Crippen LogP contribution in [0.5, 0.6) is 0 Å². The molecule has 0 heterocycles. The number of alkyl halides is 2. The van der Waals surface area contributed by atoms with E-state index in [0.29, 0.717) is 37.9 Å². The number of hydrogen-bond donors (Lipinski definition) is 0. The number of nitrogens with zero attached hydrogens (tertiary/aromatic N) is 2. The summed E-state index contributed by atoms with van der Waals surface area (Å²) in [6.45, 7) is 1.89. The molecule has 0 aliphatic carbocycles. The summed E-state index contributed by atoms with van der Waals surface area (Å²) in [5, 5.41) is 23.4. The minimum Gasteiger partial charge on any atom is -0.633 e. The van der Waals surface area contributed by atoms with Crippen LogP contribution >= 0.6 is 23.2 Å². The fraction of sp³-hybridized carbons (Fsp3) is 1.00. The van der Waals surface area contributed by atoms with Gasteiger partial charge in [0, 0.05) is 12.8 Å². The van der Waals surface area contributed by atoms with Gasteiger partial charge in [-0.05, 0) is 0 Å². The third-order valence-corrected chi connectivity index (χ3v) is 2.97. The molecule has 16 heavy (non-hydrogen) atoms. The number of unbranched alkanes of at least 4 members (excludes halogenated alkanes) is 1. The van der Waals surface area contributed by atoms with Crippen molar-refractivity contribution < 1.29 is 9.29 Å². The molecule has 0 aromatic carbocycles. The maximum absolute atomic E-state index is 11.7. The van der Waals surface area contributed by atoms with E-state index in [4.69, 9.17) is 23.2 Å². The van der Waals surface area contributed by atoms with E-state index >= 15 is 0 Å². The number of hydroxylamine groups is 6. The second-order valence-electron chi connectivity index (χ2n) is 4.57. The minimum atomic E-state index is -0.318. The van der Waals surface area contributed by atoms with Crippen molar-refractivity contribution in [3.8, 4) is 0 Å². The Morgan fingerprint density at radius 3 is 1.31 bits per heavy atom. The maximum Gasteiger partial charge on any atom is 0.0919 e. The van der Waals surface area contributed by atoms with E-state index in [1.807, 2.05) is 0 Å². The van der Waals surface area contributed by atoms with Gasteiger partial charge in [-0.15, -0.1) is 23.2 Å². The van der Waals surface area contributed by atoms with Crippen LogP contribution in [0.25, 0.3) is 0 Å². The summed E-state index contributed by atoms with van der Waals surface area (Å²) in [5.74, 6) is 0.753. The lowest BCUT2D eigenvalue weighted by molar-refractivity contribution is -0.865. The summed E-state index contributed by atoms with van der Waals surface area (Å²) in [4.78, 5) is 0. The predicted molar refractivity (Wildman–Crippen MR) is 69.2 cm³/mol. The van der Waals surface area contributed by atoms with Crippen LogP contribution in [0.3, 0.4) is 0 Å². The van der Waals surface area contributed by atoms with Gasteiger partial charge in [0.2, 0.25) is 0 Å². The first kappa shape index (κ1) is 16.4. The Kier molecular flexibility index (Phi) is 7.89. The molecule has 0 radical (unpaired) electrons. The summed E-state index contributed by atoms with van der Waals surface area (Å²) in [7, 11) is 3.23. The van der Waals surface area contributed by atoms with Crippen LogP contribution in [-0.2, 0) is 0 Å². The zero-order valence-corrected chi connectivity index (χ0v) is 11.6. The van der Waals surface area contributed by atoms with Crippen molar-refractivity contribution in [2.45, 2.75) is 12.8 Å². The molecule has 0 bridgehead atoms. The molecule has 0 spiro atoms. The highest BCUT2D eigenvalue weighted by atomic mass is 35.5. The second-order valence-corrected chi connectivity index (χ2v) is 5.33. The van der Waals surface area contributed by atoms with Gasteiger partial charge in [0.15, 0.2) is 0 Å². The van der Waals surface area contributed by atoms with Crippen molar-refractivity contribution in [2.24, 2.45) is 0 Å². The molecule has 4 nitrogen and oxygen atoms in total. The molecule has 0 aliphatic rings. The highest BCUT2D eigenvalue weighted by Gasteiger charge is 2.12. The van der Waals surface area contributed by atoms with E-state index in [-0.39, 0.29) is 9.29 Å². The Labute approximate surface area is 108 Å². The van der Waals surface area contributed by atoms with Crippen LogP contribution in [0.15, 0.2) is 0 Å². The number of halogens is 2. The Morgan fingerprint density at radius 1 is 0.750 bits per heavy atom.